The lowest BCUT2D eigenvalue weighted by molar-refractivity contribution is 0.487. The molecule has 0 spiro atoms. The van der Waals surface area contributed by atoms with Gasteiger partial charge >= 0.3 is 6.85 Å². The highest BCUT2D eigenvalue weighted by molar-refractivity contribution is 6.92. The third kappa shape index (κ3) is 1.79. The summed E-state index contributed by atoms with van der Waals surface area (Å²) in [5, 5.41) is 0. The minimum absolute atomic E-state index is 0.0923. The number of nitrogens with zero attached hydrogens (tertiary/aromatic N) is 2. The Morgan fingerprint density at radius 1 is 0.655 bits per heavy atom. The fourth-order valence-electron chi connectivity index (χ4n) is 5.23. The largest absolute Gasteiger partial charge is 0.458 e. The van der Waals surface area contributed by atoms with Gasteiger partial charge in [-0.3, -0.25) is 0 Å². The van der Waals surface area contributed by atoms with Gasteiger partial charge in [-0.2, -0.15) is 0 Å². The van der Waals surface area contributed by atoms with Crippen LogP contribution in [0.1, 0.15) is 0 Å². The molecular formula is C25H17BN2O. The van der Waals surface area contributed by atoms with Crippen molar-refractivity contribution < 1.29 is 4.74 Å². The molecule has 0 fully saturated rings. The molecule has 0 bridgehead atoms. The van der Waals surface area contributed by atoms with E-state index in [0.29, 0.717) is 0 Å². The zero-order valence-corrected chi connectivity index (χ0v) is 16.0. The molecule has 3 aliphatic rings. The van der Waals surface area contributed by atoms with Crippen molar-refractivity contribution in [3.63, 3.8) is 0 Å². The van der Waals surface area contributed by atoms with Gasteiger partial charge in [0.2, 0.25) is 0 Å². The molecule has 0 radical (unpaired) electrons. The molecule has 0 saturated carbocycles. The van der Waals surface area contributed by atoms with Crippen LogP contribution in [0.3, 0.4) is 0 Å². The van der Waals surface area contributed by atoms with E-state index in [9.17, 15) is 0 Å². The zero-order valence-electron chi connectivity index (χ0n) is 16.0. The van der Waals surface area contributed by atoms with Gasteiger partial charge in [0, 0.05) is 18.1 Å². The summed E-state index contributed by atoms with van der Waals surface area (Å²) in [6, 6.07) is 30.2. The van der Waals surface area contributed by atoms with E-state index >= 15 is 0 Å². The number of para-hydroxylation sites is 4. The minimum Gasteiger partial charge on any atom is -0.458 e. The quantitative estimate of drug-likeness (QED) is 0.413. The molecular weight excluding hydrogens is 355 g/mol. The Bertz CT molecular complexity index is 1330. The topological polar surface area (TPSA) is 15.7 Å². The maximum Gasteiger partial charge on any atom is 0.336 e. The second kappa shape index (κ2) is 5.23. The van der Waals surface area contributed by atoms with E-state index < -0.39 is 0 Å². The van der Waals surface area contributed by atoms with Gasteiger partial charge < -0.3 is 14.4 Å². The minimum atomic E-state index is 0.0923. The Hall–Kier alpha value is -3.66. The van der Waals surface area contributed by atoms with Crippen molar-refractivity contribution in [2.75, 3.05) is 16.8 Å². The van der Waals surface area contributed by atoms with E-state index in [1.54, 1.807) is 0 Å². The number of hydrogen-bond donors (Lipinski definition) is 0. The van der Waals surface area contributed by atoms with Crippen LogP contribution < -0.4 is 25.4 Å². The first-order valence-corrected chi connectivity index (χ1v) is 9.98. The fourth-order valence-corrected chi connectivity index (χ4v) is 5.23. The van der Waals surface area contributed by atoms with Gasteiger partial charge in [0.25, 0.3) is 0 Å². The van der Waals surface area contributed by atoms with Crippen molar-refractivity contribution in [3.05, 3.63) is 84.9 Å². The Labute approximate surface area is 169 Å². The van der Waals surface area contributed by atoms with Gasteiger partial charge in [-0.25, -0.2) is 0 Å². The second-order valence-corrected chi connectivity index (χ2v) is 7.85. The van der Waals surface area contributed by atoms with Gasteiger partial charge in [0.1, 0.15) is 11.5 Å². The summed E-state index contributed by atoms with van der Waals surface area (Å²) in [5.74, 6) is 1.90. The standard InChI is InChI=1S/C25H17BN2O/c1-27-19-11-3-4-12-20(19)28-25-17(9-6-13-21(25)27)16-8-7-15-23-24(16)26(28)18-10-2-5-14-22(18)29-23/h2-15H,1H3. The molecule has 7 rings (SSSR count). The summed E-state index contributed by atoms with van der Waals surface area (Å²) in [7, 11) is 2.16. The molecule has 3 nitrogen and oxygen atoms in total. The van der Waals surface area contributed by atoms with Gasteiger partial charge in [0.15, 0.2) is 0 Å². The Morgan fingerprint density at radius 2 is 1.34 bits per heavy atom. The monoisotopic (exact) mass is 372 g/mol. The van der Waals surface area contributed by atoms with Crippen molar-refractivity contribution >= 4 is 40.5 Å². The summed E-state index contributed by atoms with van der Waals surface area (Å²) >= 11 is 0. The van der Waals surface area contributed by atoms with Crippen molar-refractivity contribution in [1.82, 2.24) is 0 Å². The third-order valence-electron chi connectivity index (χ3n) is 6.44. The second-order valence-electron chi connectivity index (χ2n) is 7.85. The van der Waals surface area contributed by atoms with Gasteiger partial charge in [-0.05, 0) is 41.4 Å². The molecule has 3 heterocycles. The fraction of sp³-hybridized carbons (Fsp3) is 0.0400. The predicted molar refractivity (Wildman–Crippen MR) is 120 cm³/mol. The predicted octanol–water partition coefficient (Wildman–Crippen LogP) is 4.80. The van der Waals surface area contributed by atoms with E-state index in [0.717, 1.165) is 11.5 Å². The van der Waals surface area contributed by atoms with Crippen LogP contribution in [0, 0.1) is 0 Å². The molecule has 4 aromatic rings. The normalized spacial score (nSPS) is 14.4. The number of rotatable bonds is 0. The molecule has 0 amide bonds. The lowest BCUT2D eigenvalue weighted by atomic mass is 9.44. The maximum atomic E-state index is 6.35. The van der Waals surface area contributed by atoms with Crippen LogP contribution in [-0.4, -0.2) is 13.9 Å². The Morgan fingerprint density at radius 3 is 2.28 bits per heavy atom. The van der Waals surface area contributed by atoms with Crippen LogP contribution in [-0.2, 0) is 0 Å². The van der Waals surface area contributed by atoms with Crippen molar-refractivity contribution in [3.8, 4) is 22.6 Å². The van der Waals surface area contributed by atoms with E-state index in [4.69, 9.17) is 4.74 Å². The first kappa shape index (κ1) is 15.3. The summed E-state index contributed by atoms with van der Waals surface area (Å²) in [6.45, 7) is 0.0923. The highest BCUT2D eigenvalue weighted by Gasteiger charge is 2.46. The molecule has 4 aromatic carbocycles. The van der Waals surface area contributed by atoms with Crippen LogP contribution in [0.4, 0.5) is 22.7 Å². The molecule has 0 atom stereocenters. The third-order valence-corrected chi connectivity index (χ3v) is 6.44. The zero-order chi connectivity index (χ0) is 19.1. The van der Waals surface area contributed by atoms with E-state index in [1.165, 1.54) is 44.8 Å². The number of anilines is 4. The molecule has 0 N–H and O–H groups in total. The van der Waals surface area contributed by atoms with Crippen molar-refractivity contribution in [2.45, 2.75) is 0 Å². The van der Waals surface area contributed by atoms with Crippen molar-refractivity contribution in [2.24, 2.45) is 0 Å². The molecule has 0 aromatic heterocycles. The van der Waals surface area contributed by atoms with Gasteiger partial charge in [-0.15, -0.1) is 0 Å². The van der Waals surface area contributed by atoms with Crippen LogP contribution in [0.2, 0.25) is 0 Å². The van der Waals surface area contributed by atoms with Gasteiger partial charge in [-0.1, -0.05) is 54.6 Å². The Kier molecular flexibility index (Phi) is 2.76. The van der Waals surface area contributed by atoms with Crippen LogP contribution >= 0.6 is 0 Å². The smallest absolute Gasteiger partial charge is 0.336 e. The molecule has 0 unspecified atom stereocenters. The highest BCUT2D eigenvalue weighted by atomic mass is 16.5. The first-order valence-electron chi connectivity index (χ1n) is 9.98. The van der Waals surface area contributed by atoms with Crippen LogP contribution in [0.5, 0.6) is 11.5 Å². The molecule has 29 heavy (non-hydrogen) atoms. The Balaban J connectivity index is 1.66. The van der Waals surface area contributed by atoms with Gasteiger partial charge in [0.05, 0.1) is 22.7 Å². The number of ether oxygens (including phenoxy) is 1. The van der Waals surface area contributed by atoms with Crippen LogP contribution in [0.25, 0.3) is 11.1 Å². The first-order chi connectivity index (χ1) is 14.3. The molecule has 0 saturated heterocycles. The van der Waals surface area contributed by atoms with E-state index in [-0.39, 0.29) is 6.85 Å². The lowest BCUT2D eigenvalue weighted by Crippen LogP contribution is -2.60. The lowest BCUT2D eigenvalue weighted by Gasteiger charge is -2.47. The molecule has 3 aliphatic heterocycles. The highest BCUT2D eigenvalue weighted by Crippen LogP contribution is 2.54. The summed E-state index contributed by atoms with van der Waals surface area (Å²) in [6.07, 6.45) is 0. The van der Waals surface area contributed by atoms with Crippen molar-refractivity contribution in [1.29, 1.82) is 0 Å². The number of fused-ring (bicyclic) bond motifs is 6. The number of benzene rings is 4. The average molecular weight is 372 g/mol. The summed E-state index contributed by atoms with van der Waals surface area (Å²) < 4.78 is 6.35. The average Bonchev–Trinajstić information content (AvgIpc) is 2.78. The maximum absolute atomic E-state index is 6.35. The summed E-state index contributed by atoms with van der Waals surface area (Å²) in [4.78, 5) is 4.83. The van der Waals surface area contributed by atoms with E-state index in [2.05, 4.69) is 95.6 Å². The summed E-state index contributed by atoms with van der Waals surface area (Å²) in [5.41, 5.74) is 9.98. The number of hydrogen-bond acceptors (Lipinski definition) is 3. The van der Waals surface area contributed by atoms with Crippen LogP contribution in [0.15, 0.2) is 84.9 Å². The molecule has 4 heteroatoms. The van der Waals surface area contributed by atoms with E-state index in [1.807, 2.05) is 6.07 Å². The molecule has 136 valence electrons. The molecule has 0 aliphatic carbocycles. The SMILES string of the molecule is CN1c2ccccc2N2B3c4ccccc4Oc4cccc(c43)-c3cccc1c32.